The smallest absolute Gasteiger partial charge is 0.137 e. The topological polar surface area (TPSA) is 23.6 Å². The first-order valence-electron chi connectivity index (χ1n) is 4.34. The van der Waals surface area contributed by atoms with E-state index in [0.717, 1.165) is 19.3 Å². The first-order chi connectivity index (χ1) is 5.57. The van der Waals surface area contributed by atoms with E-state index in [1.807, 2.05) is 33.1 Å². The number of carbonyl (C=O) groups excluding carboxylic acids is 1. The van der Waals surface area contributed by atoms with Crippen LogP contribution in [-0.2, 0) is 4.79 Å². The number of hydrogen-bond acceptors (Lipinski definition) is 3. The Morgan fingerprint density at radius 1 is 1.42 bits per heavy atom. The van der Waals surface area contributed by atoms with Gasteiger partial charge in [-0.2, -0.15) is 0 Å². The van der Waals surface area contributed by atoms with Gasteiger partial charge in [0.2, 0.25) is 0 Å². The molecule has 0 aromatic heterocycles. The number of aldehydes is 1. The molecule has 1 rings (SSSR count). The van der Waals surface area contributed by atoms with Gasteiger partial charge in [-0.25, -0.2) is 0 Å². The van der Waals surface area contributed by atoms with E-state index in [9.17, 15) is 4.79 Å². The van der Waals surface area contributed by atoms with Gasteiger partial charge < -0.3 is 9.69 Å². The summed E-state index contributed by atoms with van der Waals surface area (Å²) in [4.78, 5) is 14.3. The maximum atomic E-state index is 10.2. The molecular weight excluding hydrogens is 152 g/mol. The van der Waals surface area contributed by atoms with Crippen molar-refractivity contribution < 1.29 is 4.79 Å². The quantitative estimate of drug-likeness (QED) is 0.537. The highest BCUT2D eigenvalue weighted by Gasteiger charge is 2.18. The van der Waals surface area contributed by atoms with Crippen LogP contribution in [0.3, 0.4) is 0 Å². The minimum absolute atomic E-state index is 0.218. The first-order valence-corrected chi connectivity index (χ1v) is 4.34. The highest BCUT2D eigenvalue weighted by Crippen LogP contribution is 2.11. The van der Waals surface area contributed by atoms with E-state index in [1.165, 1.54) is 6.42 Å². The molecule has 0 aromatic rings. The van der Waals surface area contributed by atoms with Gasteiger partial charge in [-0.15, -0.1) is 0 Å². The lowest BCUT2D eigenvalue weighted by Crippen LogP contribution is -2.25. The van der Waals surface area contributed by atoms with Gasteiger partial charge in [-0.05, 0) is 47.6 Å². The van der Waals surface area contributed by atoms with Crippen LogP contribution in [0.1, 0.15) is 12.8 Å². The van der Waals surface area contributed by atoms with Crippen molar-refractivity contribution in [2.24, 2.45) is 0 Å². The normalized spacial score (nSPS) is 23.6. The second kappa shape index (κ2) is 6.14. The summed E-state index contributed by atoms with van der Waals surface area (Å²) in [6, 6.07) is 0.218. The summed E-state index contributed by atoms with van der Waals surface area (Å²) in [5, 5.41) is 0. The maximum Gasteiger partial charge on any atom is 0.137 e. The highest BCUT2D eigenvalue weighted by atomic mass is 16.1. The minimum Gasteiger partial charge on any atom is -0.312 e. The Balaban J connectivity index is 0.000000261. The fourth-order valence-corrected chi connectivity index (χ4v) is 1.11. The number of likely N-dealkylation sites (tertiary alicyclic amines) is 1. The third-order valence-corrected chi connectivity index (χ3v) is 1.73. The van der Waals surface area contributed by atoms with Crippen LogP contribution in [0, 0.1) is 0 Å². The molecule has 3 nitrogen and oxygen atoms in total. The molecule has 12 heavy (non-hydrogen) atoms. The zero-order chi connectivity index (χ0) is 9.56. The van der Waals surface area contributed by atoms with Gasteiger partial charge in [0.1, 0.15) is 6.29 Å². The van der Waals surface area contributed by atoms with E-state index >= 15 is 0 Å². The lowest BCUT2D eigenvalue weighted by Gasteiger charge is -2.10. The minimum atomic E-state index is 0.218. The van der Waals surface area contributed by atoms with Crippen LogP contribution in [0.15, 0.2) is 0 Å². The predicted octanol–water partition coefficient (Wildman–Crippen LogP) is 0.457. The van der Waals surface area contributed by atoms with Crippen LogP contribution >= 0.6 is 0 Å². The fourth-order valence-electron chi connectivity index (χ4n) is 1.11. The van der Waals surface area contributed by atoms with E-state index in [0.29, 0.717) is 0 Å². The predicted molar refractivity (Wildman–Crippen MR) is 51.3 cm³/mol. The van der Waals surface area contributed by atoms with Gasteiger partial charge in [0, 0.05) is 0 Å². The van der Waals surface area contributed by atoms with Crippen LogP contribution in [0.2, 0.25) is 0 Å². The monoisotopic (exact) mass is 172 g/mol. The Hall–Kier alpha value is -0.410. The summed E-state index contributed by atoms with van der Waals surface area (Å²) in [5.74, 6) is 0. The maximum absolute atomic E-state index is 10.2. The molecule has 0 aliphatic carbocycles. The van der Waals surface area contributed by atoms with E-state index in [4.69, 9.17) is 0 Å². The third kappa shape index (κ3) is 5.27. The Bertz CT molecular complexity index is 123. The summed E-state index contributed by atoms with van der Waals surface area (Å²) in [5.41, 5.74) is 0. The molecule has 0 unspecified atom stereocenters. The average Bonchev–Trinajstić information content (AvgIpc) is 2.33. The largest absolute Gasteiger partial charge is 0.312 e. The molecule has 1 fully saturated rings. The summed E-state index contributed by atoms with van der Waals surface area (Å²) >= 11 is 0. The Labute approximate surface area is 75.3 Å². The van der Waals surface area contributed by atoms with Gasteiger partial charge in [-0.3, -0.25) is 4.90 Å². The number of hydrogen-bond donors (Lipinski definition) is 0. The van der Waals surface area contributed by atoms with Crippen molar-refractivity contribution in [1.82, 2.24) is 9.80 Å². The number of carbonyl (C=O) groups is 1. The summed E-state index contributed by atoms with van der Waals surface area (Å²) in [6.07, 6.45) is 3.27. The van der Waals surface area contributed by atoms with Crippen molar-refractivity contribution in [2.45, 2.75) is 18.9 Å². The van der Waals surface area contributed by atoms with Crippen LogP contribution in [-0.4, -0.2) is 56.9 Å². The standard InChI is InChI=1S/C6H11NO.C3H9N/c1-7-4-2-3-6(7)5-8;1-4(2)3/h5-6H,2-4H2,1H3;1-3H3/t6-;/m0./s1. The number of likely N-dealkylation sites (N-methyl/N-ethyl adjacent to an activating group) is 1. The Morgan fingerprint density at radius 2 is 1.92 bits per heavy atom. The molecule has 0 amide bonds. The van der Waals surface area contributed by atoms with Crippen LogP contribution in [0.4, 0.5) is 0 Å². The zero-order valence-electron chi connectivity index (χ0n) is 8.58. The molecule has 1 atom stereocenters. The van der Waals surface area contributed by atoms with Crippen LogP contribution in [0.25, 0.3) is 0 Å². The van der Waals surface area contributed by atoms with Crippen molar-refractivity contribution in [1.29, 1.82) is 0 Å². The van der Waals surface area contributed by atoms with Crippen molar-refractivity contribution >= 4 is 6.29 Å². The van der Waals surface area contributed by atoms with E-state index in [-0.39, 0.29) is 6.04 Å². The van der Waals surface area contributed by atoms with Crippen molar-refractivity contribution in [3.63, 3.8) is 0 Å². The molecule has 1 aliphatic rings. The lowest BCUT2D eigenvalue weighted by atomic mass is 10.2. The second-order valence-corrected chi connectivity index (χ2v) is 3.67. The van der Waals surface area contributed by atoms with Crippen molar-refractivity contribution in [3.8, 4) is 0 Å². The van der Waals surface area contributed by atoms with E-state index in [1.54, 1.807) is 0 Å². The average molecular weight is 172 g/mol. The molecule has 0 N–H and O–H groups in total. The van der Waals surface area contributed by atoms with Crippen LogP contribution < -0.4 is 0 Å². The van der Waals surface area contributed by atoms with Gasteiger partial charge in [0.15, 0.2) is 0 Å². The van der Waals surface area contributed by atoms with E-state index < -0.39 is 0 Å². The molecule has 1 aliphatic heterocycles. The second-order valence-electron chi connectivity index (χ2n) is 3.67. The van der Waals surface area contributed by atoms with Crippen LogP contribution in [0.5, 0.6) is 0 Å². The number of rotatable bonds is 1. The van der Waals surface area contributed by atoms with Crippen molar-refractivity contribution in [3.05, 3.63) is 0 Å². The van der Waals surface area contributed by atoms with E-state index in [2.05, 4.69) is 4.90 Å². The molecule has 3 heteroatoms. The molecule has 1 saturated heterocycles. The highest BCUT2D eigenvalue weighted by molar-refractivity contribution is 5.57. The Kier molecular flexibility index (Phi) is 5.93. The van der Waals surface area contributed by atoms with Gasteiger partial charge in [0.25, 0.3) is 0 Å². The molecule has 0 saturated carbocycles. The molecule has 72 valence electrons. The Morgan fingerprint density at radius 3 is 2.08 bits per heavy atom. The SMILES string of the molecule is CN(C)C.CN1CCC[C@H]1C=O. The van der Waals surface area contributed by atoms with Gasteiger partial charge in [-0.1, -0.05) is 0 Å². The molecule has 0 radical (unpaired) electrons. The summed E-state index contributed by atoms with van der Waals surface area (Å²) in [6.45, 7) is 1.09. The molecule has 0 bridgehead atoms. The zero-order valence-corrected chi connectivity index (χ0v) is 8.58. The molecule has 0 spiro atoms. The first kappa shape index (κ1) is 11.6. The molecule has 0 aromatic carbocycles. The molecular formula is C9H20N2O. The van der Waals surface area contributed by atoms with Gasteiger partial charge >= 0.3 is 0 Å². The third-order valence-electron chi connectivity index (χ3n) is 1.73. The summed E-state index contributed by atoms with van der Waals surface area (Å²) in [7, 11) is 7.99. The van der Waals surface area contributed by atoms with Crippen molar-refractivity contribution in [2.75, 3.05) is 34.7 Å². The summed E-state index contributed by atoms with van der Waals surface area (Å²) < 4.78 is 0. The molecule has 1 heterocycles. The van der Waals surface area contributed by atoms with Gasteiger partial charge in [0.05, 0.1) is 6.04 Å². The fraction of sp³-hybridized carbons (Fsp3) is 0.889. The number of nitrogens with zero attached hydrogens (tertiary/aromatic N) is 2. The lowest BCUT2D eigenvalue weighted by molar-refractivity contribution is -0.111.